The molecule has 326 valence electrons. The molecule has 7 unspecified atom stereocenters. The molecule has 3 aromatic rings. The Morgan fingerprint density at radius 2 is 1.65 bits per heavy atom. The van der Waals surface area contributed by atoms with Crippen molar-refractivity contribution in [1.29, 1.82) is 0 Å². The number of carbonyl (C=O) groups excluding carboxylic acids is 2. The zero-order valence-electron chi connectivity index (χ0n) is 35.9. The summed E-state index contributed by atoms with van der Waals surface area (Å²) in [4.78, 5) is 30.6. The number of aliphatic hydroxyl groups excluding tert-OH is 1. The second-order valence-electron chi connectivity index (χ2n) is 18.3. The summed E-state index contributed by atoms with van der Waals surface area (Å²) >= 11 is 0. The highest BCUT2D eigenvalue weighted by Gasteiger charge is 2.58. The van der Waals surface area contributed by atoms with Gasteiger partial charge in [0.15, 0.2) is 5.78 Å². The van der Waals surface area contributed by atoms with Gasteiger partial charge < -0.3 is 29.3 Å². The standard InChI is InChI=1S/C49H62F3NO7/c1-31(2)40-21-10-33(4)26-44(40)59-46(56)53(29-34-11-17-39(18-12-34)60-49(50,51)52)30-48(57)25-23-43-41-22-13-35(27-37(54)16-9-32(3)8-7-24-47(43,48)5)28-42(41)45(55)36-14-19-38(58-6)20-15-36/h8,11-15,17-20,22,28,31,33,37,40,43-44,54,57H,7,9-10,16,21,23-27,29-30H2,1-6H3. The number of hydrogen-bond donors (Lipinski definition) is 2. The summed E-state index contributed by atoms with van der Waals surface area (Å²) in [5.74, 6) is 0.616. The molecular formula is C49H62F3NO7. The molecule has 7 rings (SSSR count). The van der Waals surface area contributed by atoms with Gasteiger partial charge in [-0.15, -0.1) is 13.2 Å². The van der Waals surface area contributed by atoms with Crippen molar-refractivity contribution in [2.24, 2.45) is 23.2 Å². The lowest BCUT2D eigenvalue weighted by atomic mass is 9.64. The fourth-order valence-corrected chi connectivity index (χ4v) is 10.1. The van der Waals surface area contributed by atoms with Gasteiger partial charge in [-0.05, 0) is 148 Å². The van der Waals surface area contributed by atoms with Crippen LogP contribution in [0, 0.1) is 23.2 Å². The third-order valence-corrected chi connectivity index (χ3v) is 13.7. The molecule has 8 nitrogen and oxygen atoms in total. The highest BCUT2D eigenvalue weighted by atomic mass is 19.4. The Morgan fingerprint density at radius 1 is 0.950 bits per heavy atom. The van der Waals surface area contributed by atoms with Gasteiger partial charge in [0.25, 0.3) is 0 Å². The summed E-state index contributed by atoms with van der Waals surface area (Å²) in [6.07, 6.45) is 2.20. The second-order valence-corrected chi connectivity index (χ2v) is 18.3. The number of ketones is 1. The summed E-state index contributed by atoms with van der Waals surface area (Å²) in [5, 5.41) is 24.2. The molecule has 7 atom stereocenters. The number of aliphatic hydroxyl groups is 2. The van der Waals surface area contributed by atoms with Crippen LogP contribution in [0.5, 0.6) is 11.5 Å². The third-order valence-electron chi connectivity index (χ3n) is 13.7. The van der Waals surface area contributed by atoms with E-state index >= 15 is 0 Å². The first-order valence-electron chi connectivity index (χ1n) is 21.6. The van der Waals surface area contributed by atoms with E-state index in [2.05, 4.69) is 45.4 Å². The summed E-state index contributed by atoms with van der Waals surface area (Å²) in [5.41, 5.74) is 2.02. The van der Waals surface area contributed by atoms with Gasteiger partial charge in [0, 0.05) is 23.1 Å². The number of ether oxygens (including phenoxy) is 3. The number of carbonyl (C=O) groups is 2. The van der Waals surface area contributed by atoms with E-state index in [1.54, 1.807) is 31.4 Å². The monoisotopic (exact) mass is 833 g/mol. The fourth-order valence-electron chi connectivity index (χ4n) is 10.1. The molecular weight excluding hydrogens is 772 g/mol. The Hall–Kier alpha value is -4.35. The number of amides is 1. The number of alkyl halides is 3. The average molecular weight is 834 g/mol. The smallest absolute Gasteiger partial charge is 0.497 e. The van der Waals surface area contributed by atoms with Crippen LogP contribution < -0.4 is 9.47 Å². The Kier molecular flexibility index (Phi) is 14.1. The number of halogens is 3. The molecule has 2 N–H and O–H groups in total. The largest absolute Gasteiger partial charge is 0.573 e. The molecule has 2 bridgehead atoms. The molecule has 4 aliphatic carbocycles. The van der Waals surface area contributed by atoms with Crippen molar-refractivity contribution in [3.8, 4) is 11.5 Å². The van der Waals surface area contributed by atoms with Crippen LogP contribution in [-0.4, -0.2) is 64.8 Å². The van der Waals surface area contributed by atoms with Crippen molar-refractivity contribution in [1.82, 2.24) is 4.90 Å². The van der Waals surface area contributed by atoms with Gasteiger partial charge >= 0.3 is 12.5 Å². The van der Waals surface area contributed by atoms with Gasteiger partial charge in [-0.2, -0.15) is 0 Å². The third kappa shape index (κ3) is 10.6. The zero-order chi connectivity index (χ0) is 43.4. The number of allylic oxidation sites excluding steroid dienone is 2. The summed E-state index contributed by atoms with van der Waals surface area (Å²) in [7, 11) is 1.57. The average Bonchev–Trinajstić information content (AvgIpc) is 3.44. The molecule has 0 saturated heterocycles. The first-order valence-corrected chi connectivity index (χ1v) is 21.6. The zero-order valence-corrected chi connectivity index (χ0v) is 35.9. The quantitative estimate of drug-likeness (QED) is 0.155. The molecule has 0 aromatic heterocycles. The van der Waals surface area contributed by atoms with E-state index in [1.165, 1.54) is 29.2 Å². The highest BCUT2D eigenvalue weighted by molar-refractivity contribution is 6.10. The highest BCUT2D eigenvalue weighted by Crippen LogP contribution is 2.59. The van der Waals surface area contributed by atoms with Crippen LogP contribution in [0.4, 0.5) is 18.0 Å². The molecule has 0 heterocycles. The minimum absolute atomic E-state index is 0.0138. The van der Waals surface area contributed by atoms with E-state index in [9.17, 15) is 33.0 Å². The normalized spacial score (nSPS) is 27.4. The van der Waals surface area contributed by atoms with E-state index in [-0.39, 0.29) is 48.5 Å². The van der Waals surface area contributed by atoms with Crippen LogP contribution in [0.3, 0.4) is 0 Å². The number of methoxy groups -OCH3 is 1. The number of rotatable bonds is 10. The van der Waals surface area contributed by atoms with Crippen LogP contribution in [0.1, 0.15) is 131 Å². The number of nitrogens with zero attached hydrogens (tertiary/aromatic N) is 1. The maximum Gasteiger partial charge on any atom is 0.573 e. The van der Waals surface area contributed by atoms with Crippen molar-refractivity contribution in [2.45, 2.75) is 135 Å². The van der Waals surface area contributed by atoms with E-state index in [1.807, 2.05) is 18.2 Å². The van der Waals surface area contributed by atoms with Crippen LogP contribution in [0.25, 0.3) is 0 Å². The van der Waals surface area contributed by atoms with E-state index in [0.29, 0.717) is 73.3 Å². The van der Waals surface area contributed by atoms with E-state index in [0.717, 1.165) is 36.0 Å². The van der Waals surface area contributed by atoms with Crippen molar-refractivity contribution >= 4 is 11.9 Å². The van der Waals surface area contributed by atoms with Gasteiger partial charge in [-0.1, -0.05) is 70.0 Å². The minimum atomic E-state index is -4.85. The minimum Gasteiger partial charge on any atom is -0.497 e. The van der Waals surface area contributed by atoms with Crippen molar-refractivity contribution in [3.63, 3.8) is 0 Å². The lowest BCUT2D eigenvalue weighted by molar-refractivity contribution is -0.274. The van der Waals surface area contributed by atoms with Crippen LogP contribution in [0.15, 0.2) is 78.4 Å². The predicted molar refractivity (Wildman–Crippen MR) is 225 cm³/mol. The molecule has 0 spiro atoms. The Labute approximate surface area is 353 Å². The number of fused-ring (bicyclic) bond motifs is 8. The molecule has 1 amide bonds. The Morgan fingerprint density at radius 3 is 2.32 bits per heavy atom. The Bertz CT molecular complexity index is 1980. The fraction of sp³-hybridized carbons (Fsp3) is 0.551. The van der Waals surface area contributed by atoms with Crippen molar-refractivity contribution in [3.05, 3.63) is 106 Å². The van der Waals surface area contributed by atoms with Gasteiger partial charge in [0.2, 0.25) is 0 Å². The lowest BCUT2D eigenvalue weighted by Gasteiger charge is -2.46. The molecule has 60 heavy (non-hydrogen) atoms. The molecule has 2 fully saturated rings. The van der Waals surface area contributed by atoms with Crippen LogP contribution in [-0.2, 0) is 17.7 Å². The Balaban J connectivity index is 1.40. The van der Waals surface area contributed by atoms with Crippen LogP contribution in [0.2, 0.25) is 0 Å². The molecule has 0 aliphatic heterocycles. The van der Waals surface area contributed by atoms with Gasteiger partial charge in [0.1, 0.15) is 17.6 Å². The first-order chi connectivity index (χ1) is 28.4. The van der Waals surface area contributed by atoms with Gasteiger partial charge in [-0.25, -0.2) is 4.79 Å². The molecule has 4 aliphatic rings. The SMILES string of the molecule is COc1ccc(C(=O)c2cc3ccc2C2CCC(O)(CN(Cc4ccc(OC(F)(F)F)cc4)C(=O)OC4CC(C)CCC4C(C)C)C2(C)CCC=C(C)CCC(O)C3)cc1. The van der Waals surface area contributed by atoms with E-state index < -0.39 is 29.6 Å². The van der Waals surface area contributed by atoms with Crippen LogP contribution >= 0.6 is 0 Å². The van der Waals surface area contributed by atoms with E-state index in [4.69, 9.17) is 9.47 Å². The summed E-state index contributed by atoms with van der Waals surface area (Å²) in [6.45, 7) is 10.4. The molecule has 11 heteroatoms. The van der Waals surface area contributed by atoms with Crippen molar-refractivity contribution in [2.75, 3.05) is 13.7 Å². The summed E-state index contributed by atoms with van der Waals surface area (Å²) in [6, 6.07) is 18.3. The maximum absolute atomic E-state index is 14.6. The summed E-state index contributed by atoms with van der Waals surface area (Å²) < 4.78 is 55.0. The lowest BCUT2D eigenvalue weighted by Crippen LogP contribution is -2.54. The molecule has 0 radical (unpaired) electrons. The van der Waals surface area contributed by atoms with Crippen molar-refractivity contribution < 1.29 is 47.2 Å². The van der Waals surface area contributed by atoms with Gasteiger partial charge in [-0.3, -0.25) is 4.79 Å². The molecule has 2 saturated carbocycles. The topological polar surface area (TPSA) is 106 Å². The molecule has 3 aromatic carbocycles. The first kappa shape index (κ1) is 45.2. The van der Waals surface area contributed by atoms with Gasteiger partial charge in [0.05, 0.1) is 25.4 Å². The number of hydrogen-bond acceptors (Lipinski definition) is 7. The maximum atomic E-state index is 14.6. The predicted octanol–water partition coefficient (Wildman–Crippen LogP) is 11.0. The number of benzene rings is 3. The second kappa shape index (κ2) is 18.7.